The molecule has 0 saturated heterocycles. The van der Waals surface area contributed by atoms with Crippen LogP contribution in [0.4, 0.5) is 5.69 Å². The number of nitrogens with one attached hydrogen (secondary N) is 1. The highest BCUT2D eigenvalue weighted by atomic mass is 16.1. The predicted molar refractivity (Wildman–Crippen MR) is 55.9 cm³/mol. The number of primary amides is 1. The summed E-state index contributed by atoms with van der Waals surface area (Å²) in [6.45, 7) is 0.662. The zero-order valence-corrected chi connectivity index (χ0v) is 7.79. The molecule has 0 unspecified atom stereocenters. The van der Waals surface area contributed by atoms with E-state index in [4.69, 9.17) is 5.73 Å². The van der Waals surface area contributed by atoms with Gasteiger partial charge in [0.2, 0.25) is 5.91 Å². The summed E-state index contributed by atoms with van der Waals surface area (Å²) in [4.78, 5) is 11.0. The molecular formula is C11H12N2O. The Bertz CT molecular complexity index is 396. The molecule has 0 atom stereocenters. The fourth-order valence-electron chi connectivity index (χ4n) is 1.60. The average molecular weight is 188 g/mol. The second-order valence-electron chi connectivity index (χ2n) is 3.31. The normalized spacial score (nSPS) is 14.7. The first-order valence-corrected chi connectivity index (χ1v) is 4.58. The van der Waals surface area contributed by atoms with Gasteiger partial charge in [0, 0.05) is 24.2 Å². The van der Waals surface area contributed by atoms with Crippen LogP contribution in [0.1, 0.15) is 5.56 Å². The molecule has 0 spiro atoms. The SMILES string of the molecule is NC(=O)C1=CCNc2ccccc2C1. The fraction of sp³-hybridized carbons (Fsp3) is 0.182. The van der Waals surface area contributed by atoms with Gasteiger partial charge in [-0.2, -0.15) is 0 Å². The van der Waals surface area contributed by atoms with Gasteiger partial charge in [0.05, 0.1) is 0 Å². The van der Waals surface area contributed by atoms with E-state index >= 15 is 0 Å². The van der Waals surface area contributed by atoms with Gasteiger partial charge < -0.3 is 11.1 Å². The van der Waals surface area contributed by atoms with Crippen LogP contribution >= 0.6 is 0 Å². The highest BCUT2D eigenvalue weighted by molar-refractivity contribution is 5.93. The molecule has 0 aromatic heterocycles. The van der Waals surface area contributed by atoms with Crippen molar-refractivity contribution in [2.75, 3.05) is 11.9 Å². The van der Waals surface area contributed by atoms with Crippen LogP contribution in [0.5, 0.6) is 0 Å². The molecule has 0 saturated carbocycles. The molecule has 3 N–H and O–H groups in total. The topological polar surface area (TPSA) is 55.1 Å². The quantitative estimate of drug-likeness (QED) is 0.692. The standard InChI is InChI=1S/C11H12N2O/c12-11(14)9-5-6-13-10-4-2-1-3-8(10)7-9/h1-5,13H,6-7H2,(H2,12,14). The molecule has 3 heteroatoms. The van der Waals surface area contributed by atoms with E-state index in [0.717, 1.165) is 11.3 Å². The Hall–Kier alpha value is -1.77. The van der Waals surface area contributed by atoms with E-state index in [-0.39, 0.29) is 5.91 Å². The van der Waals surface area contributed by atoms with Gasteiger partial charge in [-0.1, -0.05) is 24.3 Å². The number of carbonyl (C=O) groups is 1. The minimum atomic E-state index is -0.330. The molecule has 72 valence electrons. The third-order valence-corrected chi connectivity index (χ3v) is 2.36. The Morgan fingerprint density at radius 3 is 2.93 bits per heavy atom. The van der Waals surface area contributed by atoms with Gasteiger partial charge >= 0.3 is 0 Å². The van der Waals surface area contributed by atoms with E-state index in [0.29, 0.717) is 18.5 Å². The van der Waals surface area contributed by atoms with Crippen LogP contribution in [0, 0.1) is 0 Å². The zero-order valence-electron chi connectivity index (χ0n) is 7.79. The van der Waals surface area contributed by atoms with Gasteiger partial charge in [-0.05, 0) is 11.6 Å². The van der Waals surface area contributed by atoms with Crippen molar-refractivity contribution in [1.29, 1.82) is 0 Å². The molecule has 1 aliphatic rings. The number of anilines is 1. The molecule has 0 fully saturated rings. The number of benzene rings is 1. The number of amides is 1. The minimum absolute atomic E-state index is 0.330. The molecule has 0 bridgehead atoms. The van der Waals surface area contributed by atoms with Gasteiger partial charge in [-0.3, -0.25) is 4.79 Å². The van der Waals surface area contributed by atoms with Crippen LogP contribution in [0.2, 0.25) is 0 Å². The molecule has 2 rings (SSSR count). The van der Waals surface area contributed by atoms with E-state index in [1.807, 2.05) is 30.3 Å². The van der Waals surface area contributed by atoms with Crippen molar-refractivity contribution in [3.63, 3.8) is 0 Å². The van der Waals surface area contributed by atoms with Gasteiger partial charge in [0.25, 0.3) is 0 Å². The van der Waals surface area contributed by atoms with E-state index in [1.54, 1.807) is 0 Å². The lowest BCUT2D eigenvalue weighted by Gasteiger charge is -2.06. The maximum absolute atomic E-state index is 11.0. The lowest BCUT2D eigenvalue weighted by Crippen LogP contribution is -2.15. The van der Waals surface area contributed by atoms with Crippen molar-refractivity contribution in [2.24, 2.45) is 5.73 Å². The molecule has 3 nitrogen and oxygen atoms in total. The summed E-state index contributed by atoms with van der Waals surface area (Å²) < 4.78 is 0. The molecule has 1 amide bonds. The third kappa shape index (κ3) is 1.62. The molecule has 1 aliphatic heterocycles. The van der Waals surface area contributed by atoms with Crippen LogP contribution < -0.4 is 11.1 Å². The zero-order chi connectivity index (χ0) is 9.97. The fourth-order valence-corrected chi connectivity index (χ4v) is 1.60. The molecule has 1 aromatic carbocycles. The number of hydrogen-bond donors (Lipinski definition) is 2. The van der Waals surface area contributed by atoms with Crippen molar-refractivity contribution >= 4 is 11.6 Å². The smallest absolute Gasteiger partial charge is 0.244 e. The number of rotatable bonds is 1. The van der Waals surface area contributed by atoms with E-state index < -0.39 is 0 Å². The Balaban J connectivity index is 2.34. The largest absolute Gasteiger partial charge is 0.381 e. The molecule has 14 heavy (non-hydrogen) atoms. The summed E-state index contributed by atoms with van der Waals surface area (Å²) in [5.74, 6) is -0.330. The van der Waals surface area contributed by atoms with Crippen LogP contribution in [0.15, 0.2) is 35.9 Å². The minimum Gasteiger partial charge on any atom is -0.381 e. The van der Waals surface area contributed by atoms with Gasteiger partial charge in [0.1, 0.15) is 0 Å². The van der Waals surface area contributed by atoms with Crippen molar-refractivity contribution < 1.29 is 4.79 Å². The van der Waals surface area contributed by atoms with Crippen LogP contribution in [-0.2, 0) is 11.2 Å². The van der Waals surface area contributed by atoms with Crippen molar-refractivity contribution in [2.45, 2.75) is 6.42 Å². The lowest BCUT2D eigenvalue weighted by molar-refractivity contribution is -0.114. The molecular weight excluding hydrogens is 176 g/mol. The molecule has 1 heterocycles. The van der Waals surface area contributed by atoms with Gasteiger partial charge in [0.15, 0.2) is 0 Å². The molecule has 1 aromatic rings. The predicted octanol–water partition coefficient (Wildman–Crippen LogP) is 1.07. The number of nitrogens with two attached hydrogens (primary N) is 1. The van der Waals surface area contributed by atoms with Crippen molar-refractivity contribution in [3.8, 4) is 0 Å². The summed E-state index contributed by atoms with van der Waals surface area (Å²) in [5, 5.41) is 3.23. The van der Waals surface area contributed by atoms with Crippen molar-refractivity contribution in [3.05, 3.63) is 41.5 Å². The summed E-state index contributed by atoms with van der Waals surface area (Å²) in [6.07, 6.45) is 2.47. The number of para-hydroxylation sites is 1. The summed E-state index contributed by atoms with van der Waals surface area (Å²) in [5.41, 5.74) is 8.15. The number of fused-ring (bicyclic) bond motifs is 1. The van der Waals surface area contributed by atoms with Crippen LogP contribution in [0.3, 0.4) is 0 Å². The van der Waals surface area contributed by atoms with Gasteiger partial charge in [-0.15, -0.1) is 0 Å². The van der Waals surface area contributed by atoms with E-state index in [2.05, 4.69) is 5.32 Å². The molecule has 0 aliphatic carbocycles. The van der Waals surface area contributed by atoms with Gasteiger partial charge in [-0.25, -0.2) is 0 Å². The monoisotopic (exact) mass is 188 g/mol. The Kier molecular flexibility index (Phi) is 2.23. The highest BCUT2D eigenvalue weighted by Gasteiger charge is 2.11. The second kappa shape index (κ2) is 3.54. The maximum atomic E-state index is 11.0. The van der Waals surface area contributed by atoms with Crippen LogP contribution in [0.25, 0.3) is 0 Å². The number of hydrogen-bond acceptors (Lipinski definition) is 2. The maximum Gasteiger partial charge on any atom is 0.244 e. The summed E-state index contributed by atoms with van der Waals surface area (Å²) >= 11 is 0. The molecule has 0 radical (unpaired) electrons. The Morgan fingerprint density at radius 2 is 2.14 bits per heavy atom. The third-order valence-electron chi connectivity index (χ3n) is 2.36. The van der Waals surface area contributed by atoms with E-state index in [9.17, 15) is 4.79 Å². The first kappa shape index (κ1) is 8.81. The first-order valence-electron chi connectivity index (χ1n) is 4.58. The van der Waals surface area contributed by atoms with E-state index in [1.165, 1.54) is 0 Å². The lowest BCUT2D eigenvalue weighted by atomic mass is 10.0. The average Bonchev–Trinajstić information content (AvgIpc) is 2.39. The van der Waals surface area contributed by atoms with Crippen LogP contribution in [-0.4, -0.2) is 12.5 Å². The Labute approximate surface area is 82.6 Å². The second-order valence-corrected chi connectivity index (χ2v) is 3.31. The Morgan fingerprint density at radius 1 is 1.36 bits per heavy atom. The number of carbonyl (C=O) groups excluding carboxylic acids is 1. The highest BCUT2D eigenvalue weighted by Crippen LogP contribution is 2.20. The first-order chi connectivity index (χ1) is 6.77. The summed E-state index contributed by atoms with van der Waals surface area (Å²) in [6, 6.07) is 7.95. The van der Waals surface area contributed by atoms with Crippen molar-refractivity contribution in [1.82, 2.24) is 0 Å². The summed E-state index contributed by atoms with van der Waals surface area (Å²) in [7, 11) is 0.